The maximum Gasteiger partial charge on any atom is 0.142 e. The lowest BCUT2D eigenvalue weighted by molar-refractivity contribution is 0.548. The highest BCUT2D eigenvalue weighted by Gasteiger charge is 2.17. The van der Waals surface area contributed by atoms with Crippen LogP contribution in [0.5, 0.6) is 0 Å². The number of hydrazine groups is 1. The van der Waals surface area contributed by atoms with Gasteiger partial charge >= 0.3 is 0 Å². The summed E-state index contributed by atoms with van der Waals surface area (Å²) >= 11 is 11.0. The molecule has 3 N–H and O–H groups in total. The Labute approximate surface area is 122 Å². The van der Waals surface area contributed by atoms with Gasteiger partial charge in [0.15, 0.2) is 0 Å². The van der Waals surface area contributed by atoms with Crippen molar-refractivity contribution in [2.75, 3.05) is 0 Å². The molecule has 1 aromatic heterocycles. The summed E-state index contributed by atoms with van der Waals surface area (Å²) in [4.78, 5) is 1.14. The van der Waals surface area contributed by atoms with Gasteiger partial charge in [0.2, 0.25) is 0 Å². The first-order valence-corrected chi connectivity index (χ1v) is 7.30. The Balaban J connectivity index is 2.25. The number of nitrogens with one attached hydrogen (secondary N) is 1. The lowest BCUT2D eigenvalue weighted by Gasteiger charge is -2.17. The Morgan fingerprint density at radius 2 is 2.28 bits per heavy atom. The molecule has 1 unspecified atom stereocenters. The largest absolute Gasteiger partial charge is 0.271 e. The van der Waals surface area contributed by atoms with Crippen LogP contribution >= 0.6 is 38.9 Å². The van der Waals surface area contributed by atoms with Crippen LogP contribution < -0.4 is 11.3 Å². The average molecular weight is 350 g/mol. The molecular formula is C12H11BrClFN2S. The monoisotopic (exact) mass is 348 g/mol. The lowest BCUT2D eigenvalue weighted by atomic mass is 10.0. The molecule has 0 saturated heterocycles. The molecule has 18 heavy (non-hydrogen) atoms. The molecule has 0 aliphatic rings. The minimum absolute atomic E-state index is 0.121. The van der Waals surface area contributed by atoms with Gasteiger partial charge < -0.3 is 0 Å². The third kappa shape index (κ3) is 3.10. The molecule has 0 fully saturated rings. The van der Waals surface area contributed by atoms with E-state index in [1.54, 1.807) is 23.5 Å². The van der Waals surface area contributed by atoms with E-state index in [2.05, 4.69) is 21.4 Å². The van der Waals surface area contributed by atoms with Crippen LogP contribution in [0.15, 0.2) is 34.1 Å². The Hall–Kier alpha value is -0.460. The molecule has 2 nitrogen and oxygen atoms in total. The van der Waals surface area contributed by atoms with Crippen molar-refractivity contribution in [1.82, 2.24) is 5.43 Å². The van der Waals surface area contributed by atoms with Crippen LogP contribution in [0.4, 0.5) is 4.39 Å². The van der Waals surface area contributed by atoms with Crippen LogP contribution in [0.3, 0.4) is 0 Å². The topological polar surface area (TPSA) is 38.0 Å². The summed E-state index contributed by atoms with van der Waals surface area (Å²) in [7, 11) is 0. The normalized spacial score (nSPS) is 12.7. The van der Waals surface area contributed by atoms with Gasteiger partial charge in [0.05, 0.1) is 11.1 Å². The summed E-state index contributed by atoms with van der Waals surface area (Å²) in [6, 6.07) is 6.55. The average Bonchev–Trinajstić information content (AvgIpc) is 2.76. The summed E-state index contributed by atoms with van der Waals surface area (Å²) in [6.07, 6.45) is 0.663. The van der Waals surface area contributed by atoms with E-state index in [4.69, 9.17) is 17.4 Å². The zero-order valence-corrected chi connectivity index (χ0v) is 12.4. The number of rotatable bonds is 4. The van der Waals surface area contributed by atoms with Gasteiger partial charge in [0.1, 0.15) is 5.82 Å². The van der Waals surface area contributed by atoms with Crippen molar-refractivity contribution in [3.8, 4) is 0 Å². The van der Waals surface area contributed by atoms with Crippen molar-refractivity contribution in [2.45, 2.75) is 12.5 Å². The maximum atomic E-state index is 13.4. The first-order chi connectivity index (χ1) is 8.61. The van der Waals surface area contributed by atoms with Gasteiger partial charge in [-0.15, -0.1) is 11.3 Å². The van der Waals surface area contributed by atoms with Crippen LogP contribution in [-0.4, -0.2) is 0 Å². The molecule has 1 atom stereocenters. The molecule has 0 radical (unpaired) electrons. The number of hydrogen-bond donors (Lipinski definition) is 2. The maximum absolute atomic E-state index is 13.4. The van der Waals surface area contributed by atoms with Gasteiger partial charge in [-0.25, -0.2) is 4.39 Å². The van der Waals surface area contributed by atoms with E-state index in [9.17, 15) is 4.39 Å². The predicted molar refractivity (Wildman–Crippen MR) is 77.2 cm³/mol. The molecule has 0 bridgehead atoms. The van der Waals surface area contributed by atoms with Gasteiger partial charge in [-0.2, -0.15) is 0 Å². The third-order valence-electron chi connectivity index (χ3n) is 2.59. The van der Waals surface area contributed by atoms with E-state index < -0.39 is 5.82 Å². The van der Waals surface area contributed by atoms with E-state index in [1.807, 2.05) is 11.4 Å². The standard InChI is InChI=1S/C12H11BrClFN2S/c13-7-4-8(18-6-7)5-11(17-16)9-2-1-3-10(15)12(9)14/h1-4,6,11,17H,5,16H2. The highest BCUT2D eigenvalue weighted by Crippen LogP contribution is 2.30. The van der Waals surface area contributed by atoms with Crippen molar-refractivity contribution >= 4 is 38.9 Å². The van der Waals surface area contributed by atoms with E-state index in [0.29, 0.717) is 12.0 Å². The van der Waals surface area contributed by atoms with Crippen molar-refractivity contribution in [3.63, 3.8) is 0 Å². The summed E-state index contributed by atoms with van der Waals surface area (Å²) in [5.74, 6) is 5.11. The quantitative estimate of drug-likeness (QED) is 0.645. The highest BCUT2D eigenvalue weighted by molar-refractivity contribution is 9.10. The van der Waals surface area contributed by atoms with Crippen molar-refractivity contribution < 1.29 is 4.39 Å². The third-order valence-corrected chi connectivity index (χ3v) is 4.70. The molecule has 0 amide bonds. The molecule has 2 aromatic rings. The smallest absolute Gasteiger partial charge is 0.142 e. The molecular weight excluding hydrogens is 339 g/mol. The summed E-state index contributed by atoms with van der Waals surface area (Å²) in [5, 5.41) is 2.12. The number of halogens is 3. The highest BCUT2D eigenvalue weighted by atomic mass is 79.9. The van der Waals surface area contributed by atoms with Crippen molar-refractivity contribution in [3.05, 3.63) is 55.4 Å². The van der Waals surface area contributed by atoms with Crippen LogP contribution in [-0.2, 0) is 6.42 Å². The van der Waals surface area contributed by atoms with Crippen molar-refractivity contribution in [1.29, 1.82) is 0 Å². The first kappa shape index (κ1) is 14.0. The van der Waals surface area contributed by atoms with Gasteiger partial charge in [-0.05, 0) is 33.6 Å². The first-order valence-electron chi connectivity index (χ1n) is 5.24. The molecule has 1 aromatic carbocycles. The fraction of sp³-hybridized carbons (Fsp3) is 0.167. The lowest BCUT2D eigenvalue weighted by Crippen LogP contribution is -2.29. The Bertz CT molecular complexity index is 547. The Morgan fingerprint density at radius 3 is 2.89 bits per heavy atom. The number of hydrogen-bond acceptors (Lipinski definition) is 3. The molecule has 0 spiro atoms. The Kier molecular flexibility index (Phi) is 4.75. The predicted octanol–water partition coefficient (Wildman–Crippen LogP) is 4.05. The second-order valence-corrected chi connectivity index (χ2v) is 6.09. The fourth-order valence-corrected chi connectivity index (χ4v) is 3.47. The molecule has 0 aliphatic carbocycles. The van der Waals surface area contributed by atoms with Gasteiger partial charge in [-0.1, -0.05) is 23.7 Å². The SMILES string of the molecule is NNC(Cc1cc(Br)cs1)c1cccc(F)c1Cl. The van der Waals surface area contributed by atoms with Crippen LogP contribution in [0.25, 0.3) is 0 Å². The summed E-state index contributed by atoms with van der Waals surface area (Å²) in [6.45, 7) is 0. The van der Waals surface area contributed by atoms with Crippen LogP contribution in [0, 0.1) is 5.82 Å². The zero-order valence-electron chi connectivity index (χ0n) is 9.29. The van der Waals surface area contributed by atoms with Crippen LogP contribution in [0.1, 0.15) is 16.5 Å². The van der Waals surface area contributed by atoms with Gasteiger partial charge in [0.25, 0.3) is 0 Å². The Morgan fingerprint density at radius 1 is 1.50 bits per heavy atom. The molecule has 6 heteroatoms. The molecule has 1 heterocycles. The minimum Gasteiger partial charge on any atom is -0.271 e. The molecule has 0 aliphatic heterocycles. The molecule has 2 rings (SSSR count). The molecule has 0 saturated carbocycles. The van der Waals surface area contributed by atoms with Gasteiger partial charge in [-0.3, -0.25) is 11.3 Å². The van der Waals surface area contributed by atoms with E-state index in [1.165, 1.54) is 6.07 Å². The number of thiophene rings is 1. The van der Waals surface area contributed by atoms with E-state index >= 15 is 0 Å². The van der Waals surface area contributed by atoms with Crippen molar-refractivity contribution in [2.24, 2.45) is 5.84 Å². The molecule has 96 valence electrons. The second-order valence-electron chi connectivity index (χ2n) is 3.80. The number of benzene rings is 1. The minimum atomic E-state index is -0.429. The second kappa shape index (κ2) is 6.12. The number of nitrogens with two attached hydrogens (primary N) is 1. The van der Waals surface area contributed by atoms with Crippen LogP contribution in [0.2, 0.25) is 5.02 Å². The fourth-order valence-electron chi connectivity index (χ4n) is 1.71. The summed E-state index contributed by atoms with van der Waals surface area (Å²) in [5.41, 5.74) is 3.35. The zero-order chi connectivity index (χ0) is 13.1. The van der Waals surface area contributed by atoms with Gasteiger partial charge in [0, 0.05) is 21.2 Å². The summed E-state index contributed by atoms with van der Waals surface area (Å²) < 4.78 is 14.4. The van der Waals surface area contributed by atoms with E-state index in [0.717, 1.165) is 9.35 Å². The van der Waals surface area contributed by atoms with E-state index in [-0.39, 0.29) is 11.1 Å².